The SMILES string of the molecule is Cl.N.N.N.NC1CCCN(c2nc(Nc3ccc4c(c3)Cc3ccccc3-4)nc(N3CCCCC3)n2)C1.[HH].[HH].[HH]. The quantitative estimate of drug-likeness (QED) is 0.215. The fourth-order valence-corrected chi connectivity index (χ4v) is 5.33. The lowest BCUT2D eigenvalue weighted by atomic mass is 10.1. The Morgan fingerprint density at radius 1 is 0.784 bits per heavy atom. The first kappa shape index (κ1) is 30.2. The lowest BCUT2D eigenvalue weighted by molar-refractivity contribution is 0.498. The van der Waals surface area contributed by atoms with Gasteiger partial charge in [0.05, 0.1) is 0 Å². The molecule has 0 amide bonds. The van der Waals surface area contributed by atoms with Crippen molar-refractivity contribution in [2.75, 3.05) is 41.3 Å². The average Bonchev–Trinajstić information content (AvgIpc) is 3.22. The van der Waals surface area contributed by atoms with Gasteiger partial charge < -0.3 is 39.3 Å². The number of hydrogen-bond acceptors (Lipinski definition) is 10. The van der Waals surface area contributed by atoms with Gasteiger partial charge in [-0.2, -0.15) is 15.0 Å². The van der Waals surface area contributed by atoms with Crippen LogP contribution in [0.15, 0.2) is 42.5 Å². The Kier molecular flexibility index (Phi) is 10.6. The molecule has 2 aromatic carbocycles. The van der Waals surface area contributed by atoms with E-state index in [0.29, 0.717) is 5.95 Å². The Morgan fingerprint density at radius 2 is 1.46 bits per heavy atom. The number of nitrogens with two attached hydrogens (primary N) is 1. The molecule has 0 radical (unpaired) electrons. The molecular formula is C26H47ClN10. The Bertz CT molecular complexity index is 1180. The van der Waals surface area contributed by atoms with Gasteiger partial charge in [-0.15, -0.1) is 12.4 Å². The number of anilines is 4. The molecule has 11 heteroatoms. The summed E-state index contributed by atoms with van der Waals surface area (Å²) in [7, 11) is 0. The van der Waals surface area contributed by atoms with Gasteiger partial charge in [-0.05, 0) is 72.9 Å². The summed E-state index contributed by atoms with van der Waals surface area (Å²) >= 11 is 0. The van der Waals surface area contributed by atoms with E-state index in [4.69, 9.17) is 20.7 Å². The number of benzene rings is 2. The smallest absolute Gasteiger partial charge is 0.233 e. The summed E-state index contributed by atoms with van der Waals surface area (Å²) in [5.41, 5.74) is 12.7. The number of halogens is 1. The standard InChI is InChI=1S/C26H31N7.ClH.3H3N.3H2/c27-20-8-6-14-33(17-20)26-30-24(29-25(31-26)32-12-4-1-5-13-32)28-21-10-11-23-19(16-21)15-18-7-2-3-9-22(18)23;;;;;;;/h2-3,7,9-11,16,20H,1,4-6,8,12-15,17,27H2,(H,28,29,30,31);1H;3*1H3;3*1H. The molecular weight excluding hydrogens is 488 g/mol. The second-order valence-electron chi connectivity index (χ2n) is 9.49. The van der Waals surface area contributed by atoms with Crippen molar-refractivity contribution in [1.82, 2.24) is 33.4 Å². The van der Waals surface area contributed by atoms with E-state index in [2.05, 4.69) is 57.6 Å². The fraction of sp³-hybridized carbons (Fsp3) is 0.423. The van der Waals surface area contributed by atoms with E-state index in [-0.39, 0.29) is 41.2 Å². The molecule has 2 aliphatic heterocycles. The molecule has 208 valence electrons. The van der Waals surface area contributed by atoms with Gasteiger partial charge in [0.15, 0.2) is 0 Å². The number of nitrogens with zero attached hydrogens (tertiary/aromatic N) is 5. The third-order valence-electron chi connectivity index (χ3n) is 7.04. The van der Waals surface area contributed by atoms with Crippen LogP contribution in [0.3, 0.4) is 0 Å². The van der Waals surface area contributed by atoms with Gasteiger partial charge in [-0.25, -0.2) is 0 Å². The highest BCUT2D eigenvalue weighted by atomic mass is 35.5. The number of piperidine rings is 2. The molecule has 3 heterocycles. The van der Waals surface area contributed by atoms with Crippen LogP contribution in [0.5, 0.6) is 0 Å². The molecule has 3 aliphatic rings. The summed E-state index contributed by atoms with van der Waals surface area (Å²) in [6.07, 6.45) is 6.74. The van der Waals surface area contributed by atoms with Crippen molar-refractivity contribution < 1.29 is 4.28 Å². The van der Waals surface area contributed by atoms with Crippen molar-refractivity contribution in [1.29, 1.82) is 0 Å². The van der Waals surface area contributed by atoms with Crippen LogP contribution in [-0.4, -0.2) is 47.2 Å². The second kappa shape index (κ2) is 13.0. The van der Waals surface area contributed by atoms with Crippen LogP contribution in [0.1, 0.15) is 47.5 Å². The molecule has 0 saturated carbocycles. The largest absolute Gasteiger partial charge is 0.344 e. The Balaban J connectivity index is 0. The van der Waals surface area contributed by atoms with Gasteiger partial charge in [0.2, 0.25) is 17.8 Å². The maximum atomic E-state index is 6.25. The molecule has 12 N–H and O–H groups in total. The molecule has 6 rings (SSSR count). The number of nitrogens with one attached hydrogen (secondary N) is 1. The molecule has 2 fully saturated rings. The Labute approximate surface area is 230 Å². The predicted molar refractivity (Wildman–Crippen MR) is 162 cm³/mol. The minimum atomic E-state index is 0. The topological polar surface area (TPSA) is 188 Å². The first-order valence-electron chi connectivity index (χ1n) is 12.2. The lowest BCUT2D eigenvalue weighted by Crippen LogP contribution is -2.44. The van der Waals surface area contributed by atoms with Crippen LogP contribution < -0.4 is 39.3 Å². The van der Waals surface area contributed by atoms with E-state index in [1.807, 2.05) is 0 Å². The summed E-state index contributed by atoms with van der Waals surface area (Å²) in [5.74, 6) is 2.11. The molecule has 1 aromatic heterocycles. The minimum Gasteiger partial charge on any atom is -0.344 e. The number of rotatable bonds is 4. The first-order chi connectivity index (χ1) is 16.2. The molecule has 1 aliphatic carbocycles. The minimum absolute atomic E-state index is 0. The molecule has 2 saturated heterocycles. The number of hydrogen-bond donors (Lipinski definition) is 5. The van der Waals surface area contributed by atoms with Crippen molar-refractivity contribution >= 4 is 35.9 Å². The monoisotopic (exact) mass is 534 g/mol. The molecule has 3 aromatic rings. The summed E-state index contributed by atoms with van der Waals surface area (Å²) in [6, 6.07) is 15.4. The molecule has 0 spiro atoms. The number of aromatic nitrogens is 3. The van der Waals surface area contributed by atoms with Gasteiger partial charge in [-0.1, -0.05) is 30.3 Å². The van der Waals surface area contributed by atoms with Crippen LogP contribution in [0, 0.1) is 0 Å². The zero-order valence-corrected chi connectivity index (χ0v) is 22.3. The van der Waals surface area contributed by atoms with Gasteiger partial charge in [0, 0.05) is 42.2 Å². The molecule has 0 bridgehead atoms. The highest BCUT2D eigenvalue weighted by molar-refractivity contribution is 5.85. The first-order valence-corrected chi connectivity index (χ1v) is 12.2. The highest BCUT2D eigenvalue weighted by Gasteiger charge is 2.23. The zero-order valence-electron chi connectivity index (χ0n) is 21.5. The summed E-state index contributed by atoms with van der Waals surface area (Å²) in [4.78, 5) is 19.0. The van der Waals surface area contributed by atoms with Crippen molar-refractivity contribution in [2.45, 2.75) is 44.6 Å². The van der Waals surface area contributed by atoms with E-state index >= 15 is 0 Å². The zero-order chi connectivity index (χ0) is 22.2. The van der Waals surface area contributed by atoms with Crippen molar-refractivity contribution in [3.05, 3.63) is 53.6 Å². The van der Waals surface area contributed by atoms with Crippen LogP contribution in [0.25, 0.3) is 11.1 Å². The van der Waals surface area contributed by atoms with Gasteiger partial charge in [0.25, 0.3) is 0 Å². The average molecular weight is 535 g/mol. The summed E-state index contributed by atoms with van der Waals surface area (Å²) < 4.78 is 0. The van der Waals surface area contributed by atoms with Gasteiger partial charge >= 0.3 is 0 Å². The molecule has 37 heavy (non-hydrogen) atoms. The molecule has 1 atom stereocenters. The van der Waals surface area contributed by atoms with E-state index in [1.165, 1.54) is 41.5 Å². The van der Waals surface area contributed by atoms with E-state index in [1.54, 1.807) is 0 Å². The van der Waals surface area contributed by atoms with Gasteiger partial charge in [0.1, 0.15) is 0 Å². The van der Waals surface area contributed by atoms with Crippen molar-refractivity contribution in [2.24, 2.45) is 5.73 Å². The number of fused-ring (bicyclic) bond motifs is 3. The highest BCUT2D eigenvalue weighted by Crippen LogP contribution is 2.38. The maximum Gasteiger partial charge on any atom is 0.233 e. The van der Waals surface area contributed by atoms with E-state index < -0.39 is 0 Å². The second-order valence-corrected chi connectivity index (χ2v) is 9.49. The predicted octanol–water partition coefficient (Wildman–Crippen LogP) is 5.75. The van der Waals surface area contributed by atoms with Crippen molar-refractivity contribution in [3.63, 3.8) is 0 Å². The van der Waals surface area contributed by atoms with Gasteiger partial charge in [-0.3, -0.25) is 0 Å². The van der Waals surface area contributed by atoms with Crippen molar-refractivity contribution in [3.8, 4) is 11.1 Å². The fourth-order valence-electron chi connectivity index (χ4n) is 5.33. The Morgan fingerprint density at radius 3 is 2.22 bits per heavy atom. The van der Waals surface area contributed by atoms with Crippen LogP contribution in [-0.2, 0) is 6.42 Å². The van der Waals surface area contributed by atoms with Crippen LogP contribution in [0.4, 0.5) is 23.5 Å². The third-order valence-corrected chi connectivity index (χ3v) is 7.04. The summed E-state index contributed by atoms with van der Waals surface area (Å²) in [6.45, 7) is 3.73. The van der Waals surface area contributed by atoms with Crippen LogP contribution >= 0.6 is 12.4 Å². The lowest BCUT2D eigenvalue weighted by Gasteiger charge is -2.32. The summed E-state index contributed by atoms with van der Waals surface area (Å²) in [5, 5.41) is 3.48. The van der Waals surface area contributed by atoms with E-state index in [0.717, 1.165) is 63.0 Å². The maximum absolute atomic E-state index is 6.25. The normalized spacial score (nSPS) is 17.7. The Hall–Kier alpha value is -3.02. The van der Waals surface area contributed by atoms with Crippen LogP contribution in [0.2, 0.25) is 0 Å². The molecule has 10 nitrogen and oxygen atoms in total. The molecule has 1 unspecified atom stereocenters. The third kappa shape index (κ3) is 6.28. The van der Waals surface area contributed by atoms with E-state index in [9.17, 15) is 0 Å².